The summed E-state index contributed by atoms with van der Waals surface area (Å²) in [4.78, 5) is 27.9. The van der Waals surface area contributed by atoms with E-state index in [0.717, 1.165) is 48.6 Å². The van der Waals surface area contributed by atoms with E-state index in [-0.39, 0.29) is 10.7 Å². The third kappa shape index (κ3) is 4.03. The molecule has 1 aromatic carbocycles. The number of fused-ring (bicyclic) bond motifs is 1. The van der Waals surface area contributed by atoms with E-state index < -0.39 is 35.0 Å². The van der Waals surface area contributed by atoms with E-state index in [1.807, 2.05) is 6.08 Å². The number of H-pyrrole nitrogens is 1. The largest absolute Gasteiger partial charge is 0.481 e. The number of aliphatic carboxylic acids is 1. The molecule has 0 saturated heterocycles. The second-order valence-corrected chi connectivity index (χ2v) is 8.47. The van der Waals surface area contributed by atoms with Gasteiger partial charge in [-0.3, -0.25) is 9.59 Å². The minimum atomic E-state index is -4.72. The lowest BCUT2D eigenvalue weighted by atomic mass is 9.82. The van der Waals surface area contributed by atoms with E-state index in [0.29, 0.717) is 24.8 Å². The zero-order chi connectivity index (χ0) is 22.3. The van der Waals surface area contributed by atoms with Gasteiger partial charge in [0.15, 0.2) is 0 Å². The van der Waals surface area contributed by atoms with Crippen LogP contribution in [-0.2, 0) is 23.8 Å². The molecule has 1 heterocycles. The first-order valence-electron chi connectivity index (χ1n) is 10.2. The molecule has 8 heteroatoms. The zero-order valence-electron chi connectivity index (χ0n) is 16.6. The molecule has 2 aliphatic carbocycles. The number of nitrogens with one attached hydrogen (secondary N) is 1. The van der Waals surface area contributed by atoms with Crippen molar-refractivity contribution in [2.75, 3.05) is 0 Å². The number of carbonyl (C=O) groups excluding carboxylic acids is 1. The van der Waals surface area contributed by atoms with Crippen LogP contribution < -0.4 is 0 Å². The van der Waals surface area contributed by atoms with Gasteiger partial charge >= 0.3 is 12.1 Å². The lowest BCUT2D eigenvalue weighted by molar-refractivity contribution is -0.142. The predicted octanol–water partition coefficient (Wildman–Crippen LogP) is 6.06. The van der Waals surface area contributed by atoms with Gasteiger partial charge in [-0.15, -0.1) is 0 Å². The van der Waals surface area contributed by atoms with Crippen molar-refractivity contribution in [3.63, 3.8) is 0 Å². The van der Waals surface area contributed by atoms with Gasteiger partial charge in [0.05, 0.1) is 27.8 Å². The molecule has 0 fully saturated rings. The highest BCUT2D eigenvalue weighted by Gasteiger charge is 2.38. The molecular weight excluding hydrogens is 431 g/mol. The summed E-state index contributed by atoms with van der Waals surface area (Å²) in [5.41, 5.74) is 1.77. The van der Waals surface area contributed by atoms with Gasteiger partial charge in [0.1, 0.15) is 0 Å². The number of halogens is 4. The summed E-state index contributed by atoms with van der Waals surface area (Å²) in [6.45, 7) is 0. The molecule has 0 amide bonds. The Morgan fingerprint density at radius 3 is 2.52 bits per heavy atom. The lowest BCUT2D eigenvalue weighted by Crippen LogP contribution is -2.18. The number of aromatic nitrogens is 1. The van der Waals surface area contributed by atoms with Crippen molar-refractivity contribution in [3.8, 4) is 0 Å². The maximum atomic E-state index is 13.6. The average Bonchev–Trinajstić information content (AvgIpc) is 3.12. The molecule has 0 aliphatic heterocycles. The maximum absolute atomic E-state index is 13.6. The van der Waals surface area contributed by atoms with E-state index in [1.165, 1.54) is 12.1 Å². The van der Waals surface area contributed by atoms with Gasteiger partial charge in [0.25, 0.3) is 0 Å². The Labute approximate surface area is 182 Å². The smallest absolute Gasteiger partial charge is 0.417 e. The summed E-state index contributed by atoms with van der Waals surface area (Å²) in [5.74, 6) is -2.14. The Bertz CT molecular complexity index is 1080. The van der Waals surface area contributed by atoms with E-state index in [4.69, 9.17) is 11.6 Å². The molecule has 4 nitrogen and oxygen atoms in total. The Morgan fingerprint density at radius 2 is 1.87 bits per heavy atom. The highest BCUT2D eigenvalue weighted by molar-refractivity contribution is 6.35. The van der Waals surface area contributed by atoms with Crippen LogP contribution in [0.1, 0.15) is 70.5 Å². The lowest BCUT2D eigenvalue weighted by Gasteiger charge is -2.21. The fourth-order valence-electron chi connectivity index (χ4n) is 4.61. The van der Waals surface area contributed by atoms with Crippen LogP contribution in [0.15, 0.2) is 24.3 Å². The van der Waals surface area contributed by atoms with Crippen molar-refractivity contribution in [1.29, 1.82) is 0 Å². The van der Waals surface area contributed by atoms with E-state index >= 15 is 0 Å². The molecule has 2 N–H and O–H groups in total. The standard InChI is InChI=1S/C23H21ClF3NO3/c24-16-6-3-5-15(23(25,26)27)19(16)21(29)20-18(14-4-1-2-7-17(14)28-20)12-8-10-13(11-9-12)22(30)31/h3,5-6,8,13,28H,1-2,4,7,9-11H2,(H,30,31). The Hall–Kier alpha value is -2.54. The van der Waals surface area contributed by atoms with Crippen LogP contribution in [0.4, 0.5) is 13.2 Å². The second kappa shape index (κ2) is 8.19. The van der Waals surface area contributed by atoms with E-state index in [9.17, 15) is 27.9 Å². The molecule has 0 spiro atoms. The summed E-state index contributed by atoms with van der Waals surface area (Å²) >= 11 is 6.08. The number of benzene rings is 1. The van der Waals surface area contributed by atoms with Gasteiger partial charge in [-0.2, -0.15) is 13.2 Å². The van der Waals surface area contributed by atoms with E-state index in [1.54, 1.807) is 0 Å². The quantitative estimate of drug-likeness (QED) is 0.555. The molecule has 1 unspecified atom stereocenters. The number of rotatable bonds is 4. The minimum absolute atomic E-state index is 0.116. The molecule has 2 aromatic rings. The van der Waals surface area contributed by atoms with Crippen molar-refractivity contribution >= 4 is 28.9 Å². The van der Waals surface area contributed by atoms with Crippen LogP contribution in [0, 0.1) is 5.92 Å². The highest BCUT2D eigenvalue weighted by atomic mass is 35.5. The Kier molecular flexibility index (Phi) is 5.73. The van der Waals surface area contributed by atoms with Crippen molar-refractivity contribution in [1.82, 2.24) is 4.98 Å². The van der Waals surface area contributed by atoms with Crippen LogP contribution in [0.5, 0.6) is 0 Å². The number of carbonyl (C=O) groups is 2. The number of carboxylic acids is 1. The number of carboxylic acid groups (broad SMARTS) is 1. The number of ketones is 1. The predicted molar refractivity (Wildman–Crippen MR) is 110 cm³/mol. The summed E-state index contributed by atoms with van der Waals surface area (Å²) in [6.07, 6.45) is 1.60. The van der Waals surface area contributed by atoms with Gasteiger partial charge < -0.3 is 10.1 Å². The van der Waals surface area contributed by atoms with Gasteiger partial charge in [0.2, 0.25) is 5.78 Å². The summed E-state index contributed by atoms with van der Waals surface area (Å²) in [7, 11) is 0. The third-order valence-corrected chi connectivity index (χ3v) is 6.46. The van der Waals surface area contributed by atoms with Crippen molar-refractivity contribution in [2.45, 2.75) is 51.1 Å². The number of hydrogen-bond donors (Lipinski definition) is 2. The number of aryl methyl sites for hydroxylation is 1. The molecule has 0 saturated carbocycles. The number of allylic oxidation sites excluding steroid dienone is 2. The van der Waals surface area contributed by atoms with Crippen molar-refractivity contribution in [3.05, 3.63) is 62.9 Å². The first kappa shape index (κ1) is 21.7. The number of aromatic amines is 1. The fraction of sp³-hybridized carbons (Fsp3) is 0.391. The third-order valence-electron chi connectivity index (χ3n) is 6.15. The zero-order valence-corrected chi connectivity index (χ0v) is 17.4. The highest BCUT2D eigenvalue weighted by Crippen LogP contribution is 2.41. The van der Waals surface area contributed by atoms with Crippen LogP contribution >= 0.6 is 11.6 Å². The number of alkyl halides is 3. The molecule has 1 aromatic heterocycles. The molecule has 4 rings (SSSR count). The summed E-state index contributed by atoms with van der Waals surface area (Å²) in [5, 5.41) is 9.02. The molecule has 0 bridgehead atoms. The molecular formula is C23H21ClF3NO3. The molecule has 31 heavy (non-hydrogen) atoms. The number of hydrogen-bond acceptors (Lipinski definition) is 2. The normalized spacial score (nSPS) is 19.0. The van der Waals surface area contributed by atoms with Crippen LogP contribution in [0.2, 0.25) is 5.02 Å². The second-order valence-electron chi connectivity index (χ2n) is 8.07. The van der Waals surface area contributed by atoms with Gasteiger partial charge in [0, 0.05) is 11.3 Å². The van der Waals surface area contributed by atoms with Crippen molar-refractivity contribution < 1.29 is 27.9 Å². The van der Waals surface area contributed by atoms with Gasteiger partial charge in [-0.1, -0.05) is 23.7 Å². The minimum Gasteiger partial charge on any atom is -0.481 e. The molecule has 1 atom stereocenters. The van der Waals surface area contributed by atoms with Crippen molar-refractivity contribution in [2.24, 2.45) is 5.92 Å². The monoisotopic (exact) mass is 451 g/mol. The Balaban J connectivity index is 1.85. The van der Waals surface area contributed by atoms with E-state index in [2.05, 4.69) is 4.98 Å². The SMILES string of the molecule is O=C(c1[nH]c2c(c1C1=CCC(C(=O)O)CC1)CCCC2)c1c(Cl)cccc1C(F)(F)F. The van der Waals surface area contributed by atoms with Crippen LogP contribution in [-0.4, -0.2) is 21.8 Å². The molecule has 0 radical (unpaired) electrons. The average molecular weight is 452 g/mol. The van der Waals surface area contributed by atoms with Gasteiger partial charge in [-0.25, -0.2) is 0 Å². The Morgan fingerprint density at radius 1 is 1.13 bits per heavy atom. The van der Waals surface area contributed by atoms with Gasteiger partial charge in [-0.05, 0) is 68.2 Å². The summed E-state index contributed by atoms with van der Waals surface area (Å²) < 4.78 is 40.9. The van der Waals surface area contributed by atoms with Crippen LogP contribution in [0.25, 0.3) is 5.57 Å². The summed E-state index contributed by atoms with van der Waals surface area (Å²) in [6, 6.07) is 3.32. The topological polar surface area (TPSA) is 70.2 Å². The first-order chi connectivity index (χ1) is 14.7. The maximum Gasteiger partial charge on any atom is 0.417 e. The first-order valence-corrected chi connectivity index (χ1v) is 10.6. The molecule has 164 valence electrons. The molecule has 2 aliphatic rings. The van der Waals surface area contributed by atoms with Crippen LogP contribution in [0.3, 0.4) is 0 Å². The fourth-order valence-corrected chi connectivity index (χ4v) is 4.87.